The van der Waals surface area contributed by atoms with Gasteiger partial charge in [0.15, 0.2) is 4.34 Å². The standard InChI is InChI=1S/C21H21ClN4O5S3/c1-13-4-8-16(9-5-13)34(29,30)26(17-10-15(22)7-6-14(17)2)11-18(27)23-20-24-25-21(33-20)32-12-19(28)31-3/h4-10H,11-12H2,1-3H3,(H,23,24,27). The fourth-order valence-corrected chi connectivity index (χ4v) is 6.02. The molecule has 0 aliphatic heterocycles. The first-order valence-corrected chi connectivity index (χ1v) is 13.4. The number of hydrogen-bond donors (Lipinski definition) is 1. The van der Waals surface area contributed by atoms with E-state index in [4.69, 9.17) is 11.6 Å². The molecule has 3 aromatic rings. The van der Waals surface area contributed by atoms with Crippen LogP contribution in [0.5, 0.6) is 0 Å². The van der Waals surface area contributed by atoms with Crippen molar-refractivity contribution in [3.63, 3.8) is 0 Å². The predicted octanol–water partition coefficient (Wildman–Crippen LogP) is 3.91. The molecule has 180 valence electrons. The highest BCUT2D eigenvalue weighted by Gasteiger charge is 2.29. The van der Waals surface area contributed by atoms with Crippen LogP contribution in [-0.4, -0.2) is 49.9 Å². The van der Waals surface area contributed by atoms with Crippen molar-refractivity contribution >= 4 is 67.4 Å². The molecule has 0 unspecified atom stereocenters. The number of carbonyl (C=O) groups excluding carboxylic acids is 2. The number of anilines is 2. The van der Waals surface area contributed by atoms with Gasteiger partial charge < -0.3 is 4.74 Å². The molecule has 0 aliphatic carbocycles. The van der Waals surface area contributed by atoms with Gasteiger partial charge in [-0.3, -0.25) is 19.2 Å². The molecule has 0 atom stereocenters. The largest absolute Gasteiger partial charge is 0.468 e. The van der Waals surface area contributed by atoms with Crippen LogP contribution in [0.2, 0.25) is 5.02 Å². The van der Waals surface area contributed by atoms with Gasteiger partial charge in [0.1, 0.15) is 6.54 Å². The highest BCUT2D eigenvalue weighted by atomic mass is 35.5. The summed E-state index contributed by atoms with van der Waals surface area (Å²) < 4.78 is 33.1. The van der Waals surface area contributed by atoms with E-state index in [1.807, 2.05) is 6.92 Å². The number of hydrogen-bond acceptors (Lipinski definition) is 9. The van der Waals surface area contributed by atoms with Crippen molar-refractivity contribution in [3.8, 4) is 0 Å². The second kappa shape index (κ2) is 11.2. The first-order chi connectivity index (χ1) is 16.1. The van der Waals surface area contributed by atoms with Crippen molar-refractivity contribution in [2.24, 2.45) is 0 Å². The second-order valence-electron chi connectivity index (χ2n) is 7.04. The van der Waals surface area contributed by atoms with Gasteiger partial charge in [-0.05, 0) is 43.7 Å². The molecule has 34 heavy (non-hydrogen) atoms. The summed E-state index contributed by atoms with van der Waals surface area (Å²) in [4.78, 5) is 24.2. The summed E-state index contributed by atoms with van der Waals surface area (Å²) in [5.74, 6) is -0.981. The molecule has 1 heterocycles. The normalized spacial score (nSPS) is 11.2. The van der Waals surface area contributed by atoms with Crippen molar-refractivity contribution in [1.29, 1.82) is 0 Å². The quantitative estimate of drug-likeness (QED) is 0.246. The number of amides is 1. The molecule has 3 rings (SSSR count). The van der Waals surface area contributed by atoms with E-state index in [0.717, 1.165) is 33.0 Å². The number of methoxy groups -OCH3 is 1. The predicted molar refractivity (Wildman–Crippen MR) is 133 cm³/mol. The summed E-state index contributed by atoms with van der Waals surface area (Å²) in [6.07, 6.45) is 0. The van der Waals surface area contributed by atoms with Crippen molar-refractivity contribution in [2.75, 3.05) is 29.0 Å². The minimum absolute atomic E-state index is 0.0442. The molecule has 0 spiro atoms. The molecule has 0 radical (unpaired) electrons. The Morgan fingerprint density at radius 2 is 1.85 bits per heavy atom. The lowest BCUT2D eigenvalue weighted by atomic mass is 10.2. The number of sulfonamides is 1. The lowest BCUT2D eigenvalue weighted by Gasteiger charge is -2.25. The highest BCUT2D eigenvalue weighted by molar-refractivity contribution is 8.01. The molecule has 1 aromatic heterocycles. The van der Waals surface area contributed by atoms with Crippen LogP contribution in [-0.2, 0) is 24.3 Å². The highest BCUT2D eigenvalue weighted by Crippen LogP contribution is 2.30. The van der Waals surface area contributed by atoms with Crippen LogP contribution < -0.4 is 9.62 Å². The Morgan fingerprint density at radius 1 is 1.15 bits per heavy atom. The number of esters is 1. The molecule has 0 saturated heterocycles. The average molecular weight is 541 g/mol. The number of aryl methyl sites for hydroxylation is 2. The third-order valence-corrected chi connectivity index (χ3v) is 8.48. The van der Waals surface area contributed by atoms with Crippen LogP contribution in [0, 0.1) is 13.8 Å². The zero-order chi connectivity index (χ0) is 24.9. The molecule has 2 aromatic carbocycles. The van der Waals surface area contributed by atoms with Crippen molar-refractivity contribution in [1.82, 2.24) is 10.2 Å². The molecule has 1 amide bonds. The zero-order valence-electron chi connectivity index (χ0n) is 18.4. The first-order valence-electron chi connectivity index (χ1n) is 9.78. The molecular formula is C21H21ClN4O5S3. The van der Waals surface area contributed by atoms with Gasteiger partial charge in [-0.25, -0.2) is 8.42 Å². The maximum atomic E-state index is 13.5. The molecule has 1 N–H and O–H groups in total. The van der Waals surface area contributed by atoms with Gasteiger partial charge in [0.05, 0.1) is 23.4 Å². The summed E-state index contributed by atoms with van der Waals surface area (Å²) >= 11 is 8.31. The van der Waals surface area contributed by atoms with Gasteiger partial charge in [0.25, 0.3) is 10.0 Å². The average Bonchev–Trinajstić information content (AvgIpc) is 3.25. The van der Waals surface area contributed by atoms with Crippen LogP contribution in [0.15, 0.2) is 51.7 Å². The lowest BCUT2D eigenvalue weighted by molar-refractivity contribution is -0.137. The van der Waals surface area contributed by atoms with Crippen LogP contribution in [0.1, 0.15) is 11.1 Å². The van der Waals surface area contributed by atoms with Crippen LogP contribution >= 0.6 is 34.7 Å². The van der Waals surface area contributed by atoms with E-state index in [-0.39, 0.29) is 21.5 Å². The third kappa shape index (κ3) is 6.47. The van der Waals surface area contributed by atoms with E-state index >= 15 is 0 Å². The maximum Gasteiger partial charge on any atom is 0.316 e. The summed E-state index contributed by atoms with van der Waals surface area (Å²) in [5, 5.41) is 10.9. The lowest BCUT2D eigenvalue weighted by Crippen LogP contribution is -2.38. The Morgan fingerprint density at radius 3 is 2.53 bits per heavy atom. The Bertz CT molecular complexity index is 1300. The number of nitrogens with zero attached hydrogens (tertiary/aromatic N) is 3. The number of nitrogens with one attached hydrogen (secondary N) is 1. The summed E-state index contributed by atoms with van der Waals surface area (Å²) in [7, 11) is -2.80. The monoisotopic (exact) mass is 540 g/mol. The summed E-state index contributed by atoms with van der Waals surface area (Å²) in [6.45, 7) is 3.07. The van der Waals surface area contributed by atoms with E-state index in [1.54, 1.807) is 31.2 Å². The molecule has 9 nitrogen and oxygen atoms in total. The first kappa shape index (κ1) is 25.9. The Labute approximate surface area is 210 Å². The van der Waals surface area contributed by atoms with E-state index in [9.17, 15) is 18.0 Å². The van der Waals surface area contributed by atoms with Crippen molar-refractivity contribution < 1.29 is 22.7 Å². The fourth-order valence-electron chi connectivity index (χ4n) is 2.78. The van der Waals surface area contributed by atoms with E-state index < -0.39 is 28.4 Å². The Balaban J connectivity index is 1.85. The van der Waals surface area contributed by atoms with Crippen molar-refractivity contribution in [3.05, 3.63) is 58.6 Å². The van der Waals surface area contributed by atoms with E-state index in [2.05, 4.69) is 20.3 Å². The molecule has 0 bridgehead atoms. The number of halogens is 1. The Kier molecular flexibility index (Phi) is 8.52. The molecule has 0 aliphatic rings. The Hall–Kier alpha value is -2.67. The number of ether oxygens (including phenoxy) is 1. The van der Waals surface area contributed by atoms with Crippen LogP contribution in [0.4, 0.5) is 10.8 Å². The van der Waals surface area contributed by atoms with E-state index in [0.29, 0.717) is 14.9 Å². The number of benzene rings is 2. The number of thioether (sulfide) groups is 1. The third-order valence-electron chi connectivity index (χ3n) is 4.53. The van der Waals surface area contributed by atoms with Crippen molar-refractivity contribution in [2.45, 2.75) is 23.1 Å². The summed E-state index contributed by atoms with van der Waals surface area (Å²) in [6, 6.07) is 11.2. The maximum absolute atomic E-state index is 13.5. The second-order valence-corrected chi connectivity index (χ2v) is 11.5. The van der Waals surface area contributed by atoms with Gasteiger partial charge in [-0.15, -0.1) is 10.2 Å². The SMILES string of the molecule is COC(=O)CSc1nnc(NC(=O)CN(c2cc(Cl)ccc2C)S(=O)(=O)c2ccc(C)cc2)s1. The van der Waals surface area contributed by atoms with E-state index in [1.165, 1.54) is 25.3 Å². The minimum atomic E-state index is -4.09. The minimum Gasteiger partial charge on any atom is -0.468 e. The molecule has 13 heteroatoms. The van der Waals surface area contributed by atoms with Gasteiger partial charge >= 0.3 is 5.97 Å². The molecular weight excluding hydrogens is 520 g/mol. The molecule has 0 fully saturated rings. The molecule has 0 saturated carbocycles. The van der Waals surface area contributed by atoms with Gasteiger partial charge in [-0.2, -0.15) is 0 Å². The smallest absolute Gasteiger partial charge is 0.316 e. The fraction of sp³-hybridized carbons (Fsp3) is 0.238. The van der Waals surface area contributed by atoms with Crippen LogP contribution in [0.25, 0.3) is 0 Å². The number of carbonyl (C=O) groups is 2. The van der Waals surface area contributed by atoms with Crippen LogP contribution in [0.3, 0.4) is 0 Å². The van der Waals surface area contributed by atoms with Gasteiger partial charge in [0, 0.05) is 5.02 Å². The topological polar surface area (TPSA) is 119 Å². The zero-order valence-corrected chi connectivity index (χ0v) is 21.6. The number of aromatic nitrogens is 2. The number of rotatable bonds is 9. The van der Waals surface area contributed by atoms with Gasteiger partial charge in [-0.1, -0.05) is 58.5 Å². The van der Waals surface area contributed by atoms with Gasteiger partial charge in [0.2, 0.25) is 11.0 Å². The summed E-state index contributed by atoms with van der Waals surface area (Å²) in [5.41, 5.74) is 1.82.